The smallest absolute Gasteiger partial charge is 0.234 e. The van der Waals surface area contributed by atoms with E-state index in [4.69, 9.17) is 27.9 Å². The standard InChI is InChI=1S/C22H22Cl2N4O2S/c1-4-9-28-19(12-30-16-10-14(2)21(24)15(3)11-16)26-27-22(28)31-13-20(29)25-18-8-6-5-7-17(18)23/h4-8,10-11H,1,9,12-13H2,2-3H3,(H,25,29). The van der Waals surface area contributed by atoms with Crippen LogP contribution in [0.3, 0.4) is 0 Å². The molecule has 0 aliphatic carbocycles. The second-order valence-electron chi connectivity index (χ2n) is 6.77. The first kappa shape index (κ1) is 23.2. The van der Waals surface area contributed by atoms with Gasteiger partial charge in [-0.3, -0.25) is 9.36 Å². The van der Waals surface area contributed by atoms with Crippen molar-refractivity contribution < 1.29 is 9.53 Å². The van der Waals surface area contributed by atoms with E-state index >= 15 is 0 Å². The van der Waals surface area contributed by atoms with E-state index in [1.54, 1.807) is 24.3 Å². The number of para-hydroxylation sites is 1. The average Bonchev–Trinajstić information content (AvgIpc) is 3.12. The van der Waals surface area contributed by atoms with Crippen LogP contribution in [0.1, 0.15) is 17.0 Å². The minimum atomic E-state index is -0.184. The van der Waals surface area contributed by atoms with E-state index in [2.05, 4.69) is 22.1 Å². The topological polar surface area (TPSA) is 69.0 Å². The predicted molar refractivity (Wildman–Crippen MR) is 126 cm³/mol. The number of carbonyl (C=O) groups excluding carboxylic acids is 1. The maximum Gasteiger partial charge on any atom is 0.234 e. The SMILES string of the molecule is C=CCn1c(COc2cc(C)c(Cl)c(C)c2)nnc1SCC(=O)Nc1ccccc1Cl. The third-order valence-corrected chi connectivity index (χ3v) is 6.26. The van der Waals surface area contributed by atoms with Crippen molar-refractivity contribution in [3.05, 3.63) is 76.0 Å². The Hall–Kier alpha value is -2.48. The van der Waals surface area contributed by atoms with Crippen LogP contribution in [0.25, 0.3) is 0 Å². The summed E-state index contributed by atoms with van der Waals surface area (Å²) in [6.07, 6.45) is 1.75. The van der Waals surface area contributed by atoms with Gasteiger partial charge in [0.2, 0.25) is 5.91 Å². The molecule has 0 radical (unpaired) electrons. The summed E-state index contributed by atoms with van der Waals surface area (Å²) >= 11 is 13.6. The van der Waals surface area contributed by atoms with Crippen LogP contribution in [0, 0.1) is 13.8 Å². The van der Waals surface area contributed by atoms with Gasteiger partial charge in [-0.2, -0.15) is 0 Å². The van der Waals surface area contributed by atoms with Gasteiger partial charge in [0.05, 0.1) is 16.5 Å². The maximum atomic E-state index is 12.3. The Morgan fingerprint density at radius 3 is 2.61 bits per heavy atom. The molecule has 3 aromatic rings. The first-order chi connectivity index (χ1) is 14.9. The summed E-state index contributed by atoms with van der Waals surface area (Å²) in [6.45, 7) is 8.39. The van der Waals surface area contributed by atoms with Gasteiger partial charge in [-0.15, -0.1) is 16.8 Å². The van der Waals surface area contributed by atoms with Crippen molar-refractivity contribution in [2.24, 2.45) is 0 Å². The largest absolute Gasteiger partial charge is 0.486 e. The van der Waals surface area contributed by atoms with Crippen LogP contribution in [0.2, 0.25) is 10.0 Å². The summed E-state index contributed by atoms with van der Waals surface area (Å²) in [7, 11) is 0. The zero-order valence-corrected chi connectivity index (χ0v) is 19.5. The molecular weight excluding hydrogens is 455 g/mol. The van der Waals surface area contributed by atoms with Crippen LogP contribution in [-0.4, -0.2) is 26.4 Å². The number of thioether (sulfide) groups is 1. The fraction of sp³-hybridized carbons (Fsp3) is 0.227. The lowest BCUT2D eigenvalue weighted by Gasteiger charge is -2.11. The summed E-state index contributed by atoms with van der Waals surface area (Å²) in [5, 5.41) is 13.1. The first-order valence-corrected chi connectivity index (χ1v) is 11.2. The van der Waals surface area contributed by atoms with Crippen molar-refractivity contribution in [1.29, 1.82) is 0 Å². The van der Waals surface area contributed by atoms with Gasteiger partial charge in [-0.25, -0.2) is 0 Å². The Labute approximate surface area is 195 Å². The highest BCUT2D eigenvalue weighted by atomic mass is 35.5. The molecule has 9 heteroatoms. The molecule has 1 N–H and O–H groups in total. The minimum Gasteiger partial charge on any atom is -0.486 e. The quantitative estimate of drug-likeness (QED) is 0.316. The number of carbonyl (C=O) groups is 1. The van der Waals surface area contributed by atoms with Crippen molar-refractivity contribution in [3.63, 3.8) is 0 Å². The first-order valence-electron chi connectivity index (χ1n) is 9.48. The molecule has 6 nitrogen and oxygen atoms in total. The summed E-state index contributed by atoms with van der Waals surface area (Å²) in [5.41, 5.74) is 2.47. The lowest BCUT2D eigenvalue weighted by molar-refractivity contribution is -0.113. The molecular formula is C22H22Cl2N4O2S. The molecule has 0 aliphatic heterocycles. The molecule has 0 unspecified atom stereocenters. The van der Waals surface area contributed by atoms with E-state index < -0.39 is 0 Å². The lowest BCUT2D eigenvalue weighted by Crippen LogP contribution is -2.15. The fourth-order valence-electron chi connectivity index (χ4n) is 2.86. The molecule has 1 aromatic heterocycles. The molecule has 0 atom stereocenters. The van der Waals surface area contributed by atoms with Crippen molar-refractivity contribution in [2.75, 3.05) is 11.1 Å². The molecule has 1 heterocycles. The highest BCUT2D eigenvalue weighted by molar-refractivity contribution is 7.99. The van der Waals surface area contributed by atoms with Gasteiger partial charge in [0.1, 0.15) is 12.4 Å². The highest BCUT2D eigenvalue weighted by Gasteiger charge is 2.15. The zero-order chi connectivity index (χ0) is 22.4. The number of nitrogens with zero attached hydrogens (tertiary/aromatic N) is 3. The zero-order valence-electron chi connectivity index (χ0n) is 17.2. The molecule has 0 spiro atoms. The number of allylic oxidation sites excluding steroid dienone is 1. The Balaban J connectivity index is 1.65. The van der Waals surface area contributed by atoms with Gasteiger partial charge < -0.3 is 10.1 Å². The van der Waals surface area contributed by atoms with Crippen LogP contribution in [0.4, 0.5) is 5.69 Å². The lowest BCUT2D eigenvalue weighted by atomic mass is 10.1. The number of halogens is 2. The molecule has 2 aromatic carbocycles. The molecule has 31 heavy (non-hydrogen) atoms. The van der Waals surface area contributed by atoms with E-state index in [0.29, 0.717) is 34.0 Å². The number of hydrogen-bond acceptors (Lipinski definition) is 5. The number of nitrogens with one attached hydrogen (secondary N) is 1. The Kier molecular flexibility index (Phi) is 8.01. The van der Waals surface area contributed by atoms with Crippen LogP contribution < -0.4 is 10.1 Å². The normalized spacial score (nSPS) is 10.7. The monoisotopic (exact) mass is 476 g/mol. The van der Waals surface area contributed by atoms with E-state index in [1.165, 1.54) is 11.8 Å². The van der Waals surface area contributed by atoms with Crippen LogP contribution in [0.5, 0.6) is 5.75 Å². The predicted octanol–water partition coefficient (Wildman–Crippen LogP) is 5.70. The van der Waals surface area contributed by atoms with E-state index in [9.17, 15) is 4.79 Å². The van der Waals surface area contributed by atoms with Crippen molar-refractivity contribution in [1.82, 2.24) is 14.8 Å². The molecule has 0 saturated heterocycles. The number of ether oxygens (including phenoxy) is 1. The number of aryl methyl sites for hydroxylation is 2. The van der Waals surface area contributed by atoms with Gasteiger partial charge in [0.25, 0.3) is 0 Å². The molecule has 0 saturated carbocycles. The van der Waals surface area contributed by atoms with E-state index in [0.717, 1.165) is 16.1 Å². The van der Waals surface area contributed by atoms with Crippen molar-refractivity contribution >= 4 is 46.6 Å². The number of anilines is 1. The van der Waals surface area contributed by atoms with Crippen LogP contribution in [0.15, 0.2) is 54.2 Å². The van der Waals surface area contributed by atoms with Gasteiger partial charge in [-0.1, -0.05) is 53.2 Å². The third kappa shape index (κ3) is 6.03. The number of aromatic nitrogens is 3. The Bertz CT molecular complexity index is 1080. The fourth-order valence-corrected chi connectivity index (χ4v) is 3.92. The summed E-state index contributed by atoms with van der Waals surface area (Å²) in [6, 6.07) is 10.9. The van der Waals surface area contributed by atoms with Gasteiger partial charge in [0, 0.05) is 11.6 Å². The molecule has 162 valence electrons. The van der Waals surface area contributed by atoms with Gasteiger partial charge in [-0.05, 0) is 49.2 Å². The highest BCUT2D eigenvalue weighted by Crippen LogP contribution is 2.27. The van der Waals surface area contributed by atoms with Gasteiger partial charge in [0.15, 0.2) is 11.0 Å². The van der Waals surface area contributed by atoms with Crippen LogP contribution >= 0.6 is 35.0 Å². The number of hydrogen-bond donors (Lipinski definition) is 1. The minimum absolute atomic E-state index is 0.164. The van der Waals surface area contributed by atoms with E-state index in [1.807, 2.05) is 36.6 Å². The number of amides is 1. The summed E-state index contributed by atoms with van der Waals surface area (Å²) in [4.78, 5) is 12.3. The molecule has 0 bridgehead atoms. The third-order valence-electron chi connectivity index (χ3n) is 4.36. The molecule has 0 aliphatic rings. The maximum absolute atomic E-state index is 12.3. The Morgan fingerprint density at radius 2 is 1.94 bits per heavy atom. The van der Waals surface area contributed by atoms with Crippen molar-refractivity contribution in [2.45, 2.75) is 32.2 Å². The summed E-state index contributed by atoms with van der Waals surface area (Å²) in [5.74, 6) is 1.33. The van der Waals surface area contributed by atoms with Gasteiger partial charge >= 0.3 is 0 Å². The Morgan fingerprint density at radius 1 is 1.23 bits per heavy atom. The molecule has 3 rings (SSSR count). The average molecular weight is 477 g/mol. The van der Waals surface area contributed by atoms with Crippen molar-refractivity contribution in [3.8, 4) is 5.75 Å². The molecule has 1 amide bonds. The number of benzene rings is 2. The summed E-state index contributed by atoms with van der Waals surface area (Å²) < 4.78 is 7.78. The van der Waals surface area contributed by atoms with Crippen LogP contribution in [-0.2, 0) is 17.9 Å². The number of rotatable bonds is 9. The second-order valence-corrected chi connectivity index (χ2v) is 8.50. The second kappa shape index (κ2) is 10.7. The van der Waals surface area contributed by atoms with E-state index in [-0.39, 0.29) is 18.3 Å². The molecule has 0 fully saturated rings.